The van der Waals surface area contributed by atoms with Crippen molar-refractivity contribution in [2.24, 2.45) is 5.92 Å². The van der Waals surface area contributed by atoms with E-state index in [2.05, 4.69) is 5.16 Å². The van der Waals surface area contributed by atoms with Crippen LogP contribution in [-0.2, 0) is 13.0 Å². The van der Waals surface area contributed by atoms with Gasteiger partial charge in [0.2, 0.25) is 0 Å². The molecule has 0 bridgehead atoms. The first-order valence-corrected chi connectivity index (χ1v) is 7.52. The summed E-state index contributed by atoms with van der Waals surface area (Å²) in [5, 5.41) is 3.86. The number of rotatable bonds is 4. The first kappa shape index (κ1) is 14.0. The minimum atomic E-state index is -0.410. The number of benzene rings is 1. The van der Waals surface area contributed by atoms with Gasteiger partial charge in [0.1, 0.15) is 5.82 Å². The highest BCUT2D eigenvalue weighted by atomic mass is 19.1. The predicted octanol–water partition coefficient (Wildman–Crippen LogP) is 3.15. The Bertz CT molecular complexity index is 656. The summed E-state index contributed by atoms with van der Waals surface area (Å²) in [7, 11) is 0. The van der Waals surface area contributed by atoms with Crippen molar-refractivity contribution in [3.8, 4) is 0 Å². The monoisotopic (exact) mass is 290 g/mol. The Morgan fingerprint density at radius 2 is 2.10 bits per heavy atom. The first-order valence-electron chi connectivity index (χ1n) is 7.52. The summed E-state index contributed by atoms with van der Waals surface area (Å²) in [5.74, 6) is 0.405. The zero-order chi connectivity index (χ0) is 14.7. The molecule has 5 heteroatoms. The average Bonchev–Trinajstić information content (AvgIpc) is 2.81. The second-order valence-electron chi connectivity index (χ2n) is 5.79. The maximum Gasteiger partial charge on any atom is 0.441 e. The van der Waals surface area contributed by atoms with Gasteiger partial charge < -0.3 is 0 Å². The molecule has 1 aromatic heterocycles. The van der Waals surface area contributed by atoms with Gasteiger partial charge in [0.25, 0.3) is 0 Å². The fraction of sp³-hybridized carbons (Fsp3) is 0.500. The molecule has 0 atom stereocenters. The lowest BCUT2D eigenvalue weighted by atomic mass is 9.89. The van der Waals surface area contributed by atoms with Crippen molar-refractivity contribution < 1.29 is 8.91 Å². The fourth-order valence-corrected chi connectivity index (χ4v) is 3.06. The fourth-order valence-electron chi connectivity index (χ4n) is 3.06. The van der Waals surface area contributed by atoms with Gasteiger partial charge in [-0.2, -0.15) is 0 Å². The van der Waals surface area contributed by atoms with Gasteiger partial charge in [0, 0.05) is 13.0 Å². The first-order chi connectivity index (χ1) is 10.2. The van der Waals surface area contributed by atoms with E-state index in [4.69, 9.17) is 4.52 Å². The number of nitrogens with zero attached hydrogens (tertiary/aromatic N) is 2. The quantitative estimate of drug-likeness (QED) is 0.869. The normalized spacial score (nSPS) is 16.2. The third-order valence-electron chi connectivity index (χ3n) is 4.18. The van der Waals surface area contributed by atoms with Crippen LogP contribution in [0.1, 0.15) is 43.5 Å². The van der Waals surface area contributed by atoms with Crippen molar-refractivity contribution in [3.63, 3.8) is 0 Å². The molecular formula is C16H19FN2O2. The van der Waals surface area contributed by atoms with Crippen molar-refractivity contribution in [3.05, 3.63) is 52.0 Å². The van der Waals surface area contributed by atoms with E-state index in [1.54, 1.807) is 10.6 Å². The second kappa shape index (κ2) is 6.24. The molecule has 2 aromatic rings. The molecule has 112 valence electrons. The lowest BCUT2D eigenvalue weighted by molar-refractivity contribution is 0.303. The molecule has 4 nitrogen and oxygen atoms in total. The summed E-state index contributed by atoms with van der Waals surface area (Å²) in [6.45, 7) is 0.660. The molecule has 0 amide bonds. The molecule has 0 saturated heterocycles. The van der Waals surface area contributed by atoms with Crippen molar-refractivity contribution in [2.45, 2.75) is 45.1 Å². The van der Waals surface area contributed by atoms with Crippen LogP contribution in [0.3, 0.4) is 0 Å². The Morgan fingerprint density at radius 1 is 1.29 bits per heavy atom. The maximum absolute atomic E-state index is 13.2. The van der Waals surface area contributed by atoms with Crippen LogP contribution in [0.5, 0.6) is 0 Å². The van der Waals surface area contributed by atoms with Crippen molar-refractivity contribution in [2.75, 3.05) is 0 Å². The van der Waals surface area contributed by atoms with E-state index in [1.807, 2.05) is 6.07 Å². The summed E-state index contributed by atoms with van der Waals surface area (Å²) < 4.78 is 19.7. The minimum absolute atomic E-state index is 0.280. The largest absolute Gasteiger partial charge is 0.441 e. The molecule has 1 aliphatic carbocycles. The maximum atomic E-state index is 13.2. The van der Waals surface area contributed by atoms with Gasteiger partial charge in [-0.15, -0.1) is 0 Å². The summed E-state index contributed by atoms with van der Waals surface area (Å²) in [5.41, 5.74) is 0.792. The van der Waals surface area contributed by atoms with E-state index in [1.165, 1.54) is 31.4 Å². The Kier molecular flexibility index (Phi) is 4.18. The highest BCUT2D eigenvalue weighted by molar-refractivity contribution is 5.19. The van der Waals surface area contributed by atoms with Crippen molar-refractivity contribution in [1.29, 1.82) is 0 Å². The molecule has 1 aliphatic rings. The van der Waals surface area contributed by atoms with Crippen LogP contribution in [0.15, 0.2) is 33.6 Å². The number of aromatic nitrogens is 2. The Morgan fingerprint density at radius 3 is 2.86 bits per heavy atom. The third-order valence-corrected chi connectivity index (χ3v) is 4.18. The van der Waals surface area contributed by atoms with Crippen LogP contribution < -0.4 is 5.76 Å². The summed E-state index contributed by atoms with van der Waals surface area (Å²) in [6, 6.07) is 6.35. The zero-order valence-electron chi connectivity index (χ0n) is 11.9. The van der Waals surface area contributed by atoms with E-state index in [0.717, 1.165) is 18.4 Å². The molecule has 0 N–H and O–H groups in total. The van der Waals surface area contributed by atoms with E-state index >= 15 is 0 Å². The molecule has 0 aliphatic heterocycles. The van der Waals surface area contributed by atoms with Gasteiger partial charge in [-0.1, -0.05) is 36.6 Å². The van der Waals surface area contributed by atoms with E-state index in [0.29, 0.717) is 24.7 Å². The summed E-state index contributed by atoms with van der Waals surface area (Å²) in [4.78, 5) is 11.8. The molecule has 1 fully saturated rings. The lowest BCUT2D eigenvalue weighted by Gasteiger charge is -2.21. The smallest absolute Gasteiger partial charge is 0.296 e. The van der Waals surface area contributed by atoms with E-state index < -0.39 is 5.76 Å². The van der Waals surface area contributed by atoms with Crippen LogP contribution in [-0.4, -0.2) is 9.72 Å². The molecule has 1 aromatic carbocycles. The third kappa shape index (κ3) is 3.40. The van der Waals surface area contributed by atoms with Crippen LogP contribution in [0.4, 0.5) is 4.39 Å². The Balaban J connectivity index is 1.78. The van der Waals surface area contributed by atoms with Gasteiger partial charge in [-0.3, -0.25) is 9.09 Å². The van der Waals surface area contributed by atoms with Gasteiger partial charge in [-0.25, -0.2) is 9.18 Å². The van der Waals surface area contributed by atoms with Crippen molar-refractivity contribution in [1.82, 2.24) is 9.72 Å². The van der Waals surface area contributed by atoms with E-state index in [-0.39, 0.29) is 5.82 Å². The summed E-state index contributed by atoms with van der Waals surface area (Å²) in [6.07, 6.45) is 6.45. The molecule has 0 radical (unpaired) electrons. The average molecular weight is 290 g/mol. The predicted molar refractivity (Wildman–Crippen MR) is 76.5 cm³/mol. The molecule has 0 unspecified atom stereocenters. The SMILES string of the molecule is O=c1onc(Cc2cccc(F)c2)n1CC1CCCCC1. The lowest BCUT2D eigenvalue weighted by Crippen LogP contribution is -2.23. The molecular weight excluding hydrogens is 271 g/mol. The second-order valence-corrected chi connectivity index (χ2v) is 5.79. The Labute approximate surface area is 122 Å². The standard InChI is InChI=1S/C16H19FN2O2/c17-14-8-4-7-13(9-14)10-15-18-21-16(20)19(15)11-12-5-2-1-3-6-12/h4,7-9,12H,1-3,5-6,10-11H2. The topological polar surface area (TPSA) is 48.0 Å². The van der Waals surface area contributed by atoms with Crippen molar-refractivity contribution >= 4 is 0 Å². The molecule has 1 saturated carbocycles. The zero-order valence-corrected chi connectivity index (χ0v) is 11.9. The van der Waals surface area contributed by atoms with Gasteiger partial charge in [0.15, 0.2) is 5.82 Å². The highest BCUT2D eigenvalue weighted by Gasteiger charge is 2.19. The number of hydrogen-bond acceptors (Lipinski definition) is 3. The van der Waals surface area contributed by atoms with Crippen LogP contribution in [0.25, 0.3) is 0 Å². The molecule has 0 spiro atoms. The van der Waals surface area contributed by atoms with Gasteiger partial charge in [0.05, 0.1) is 0 Å². The van der Waals surface area contributed by atoms with E-state index in [9.17, 15) is 9.18 Å². The Hall–Kier alpha value is -1.91. The van der Waals surface area contributed by atoms with Crippen LogP contribution in [0.2, 0.25) is 0 Å². The molecule has 3 rings (SSSR count). The van der Waals surface area contributed by atoms with Gasteiger partial charge >= 0.3 is 5.76 Å². The van der Waals surface area contributed by atoms with Crippen LogP contribution >= 0.6 is 0 Å². The molecule has 21 heavy (non-hydrogen) atoms. The van der Waals surface area contributed by atoms with Gasteiger partial charge in [-0.05, 0) is 36.5 Å². The highest BCUT2D eigenvalue weighted by Crippen LogP contribution is 2.25. The summed E-state index contributed by atoms with van der Waals surface area (Å²) >= 11 is 0. The van der Waals surface area contributed by atoms with Crippen LogP contribution in [0, 0.1) is 11.7 Å². The minimum Gasteiger partial charge on any atom is -0.296 e. The number of halogens is 1. The number of hydrogen-bond donors (Lipinski definition) is 0. The molecule has 1 heterocycles.